The first-order valence-corrected chi connectivity index (χ1v) is 8.92. The molecule has 0 bridgehead atoms. The van der Waals surface area contributed by atoms with E-state index in [-0.39, 0.29) is 5.91 Å². The average Bonchev–Trinajstić information content (AvgIpc) is 2.66. The number of hydrogen-bond donors (Lipinski definition) is 1. The van der Waals surface area contributed by atoms with Gasteiger partial charge in [0.1, 0.15) is 0 Å². The summed E-state index contributed by atoms with van der Waals surface area (Å²) in [5.74, 6) is -0.0805. The number of rotatable bonds is 5. The zero-order valence-electron chi connectivity index (χ0n) is 15.0. The van der Waals surface area contributed by atoms with Crippen LogP contribution in [0.4, 0.5) is 5.69 Å². The lowest BCUT2D eigenvalue weighted by Gasteiger charge is -2.35. The number of nitrogens with zero attached hydrogens (tertiary/aromatic N) is 3. The monoisotopic (exact) mass is 338 g/mol. The van der Waals surface area contributed by atoms with Crippen LogP contribution in [0.2, 0.25) is 0 Å². The number of pyridine rings is 1. The molecule has 1 amide bonds. The van der Waals surface area contributed by atoms with E-state index in [4.69, 9.17) is 0 Å². The second-order valence-electron chi connectivity index (χ2n) is 6.52. The maximum atomic E-state index is 12.5. The molecule has 3 rings (SSSR count). The summed E-state index contributed by atoms with van der Waals surface area (Å²) >= 11 is 0. The van der Waals surface area contributed by atoms with Crippen molar-refractivity contribution in [3.63, 3.8) is 0 Å². The number of anilines is 1. The second kappa shape index (κ2) is 8.12. The molecule has 2 aromatic rings. The van der Waals surface area contributed by atoms with Gasteiger partial charge in [-0.15, -0.1) is 0 Å². The van der Waals surface area contributed by atoms with Gasteiger partial charge in [-0.25, -0.2) is 0 Å². The Balaban J connectivity index is 1.61. The number of carbonyl (C=O) groups is 1. The topological polar surface area (TPSA) is 48.5 Å². The summed E-state index contributed by atoms with van der Waals surface area (Å²) < 4.78 is 0. The highest BCUT2D eigenvalue weighted by molar-refractivity contribution is 5.94. The molecule has 0 radical (unpaired) electrons. The van der Waals surface area contributed by atoms with Crippen molar-refractivity contribution in [1.82, 2.24) is 15.2 Å². The summed E-state index contributed by atoms with van der Waals surface area (Å²) in [4.78, 5) is 21.5. The first-order chi connectivity index (χ1) is 12.2. The van der Waals surface area contributed by atoms with Gasteiger partial charge in [0.05, 0.1) is 17.4 Å². The van der Waals surface area contributed by atoms with Gasteiger partial charge in [-0.2, -0.15) is 0 Å². The van der Waals surface area contributed by atoms with Gasteiger partial charge < -0.3 is 15.1 Å². The third-order valence-corrected chi connectivity index (χ3v) is 4.71. The molecule has 0 unspecified atom stereocenters. The predicted molar refractivity (Wildman–Crippen MR) is 101 cm³/mol. The maximum absolute atomic E-state index is 12.5. The molecule has 5 nitrogen and oxygen atoms in total. The fourth-order valence-electron chi connectivity index (χ4n) is 3.15. The molecule has 1 aromatic carbocycles. The van der Waals surface area contributed by atoms with Gasteiger partial charge in [0.25, 0.3) is 5.91 Å². The van der Waals surface area contributed by atoms with E-state index in [2.05, 4.69) is 46.1 Å². The molecular weight excluding hydrogens is 312 g/mol. The largest absolute Gasteiger partial charge is 0.368 e. The van der Waals surface area contributed by atoms with Gasteiger partial charge in [0.2, 0.25) is 0 Å². The zero-order valence-corrected chi connectivity index (χ0v) is 15.0. The van der Waals surface area contributed by atoms with Crippen LogP contribution >= 0.6 is 0 Å². The number of piperazine rings is 1. The van der Waals surface area contributed by atoms with E-state index in [0.717, 1.165) is 44.0 Å². The third-order valence-electron chi connectivity index (χ3n) is 4.71. The number of hydrogen-bond acceptors (Lipinski definition) is 4. The molecule has 2 heterocycles. The highest BCUT2D eigenvalue weighted by Crippen LogP contribution is 2.17. The van der Waals surface area contributed by atoms with Gasteiger partial charge in [-0.3, -0.25) is 9.78 Å². The minimum atomic E-state index is -0.0805. The molecule has 0 saturated carbocycles. The van der Waals surface area contributed by atoms with E-state index in [1.54, 1.807) is 6.20 Å². The van der Waals surface area contributed by atoms with Crippen LogP contribution in [0.1, 0.15) is 28.4 Å². The number of likely N-dealkylation sites (N-methyl/N-ethyl adjacent to an activating group) is 1. The Morgan fingerprint density at radius 2 is 1.96 bits per heavy atom. The van der Waals surface area contributed by atoms with Crippen LogP contribution in [0.5, 0.6) is 0 Å². The molecule has 5 heteroatoms. The summed E-state index contributed by atoms with van der Waals surface area (Å²) in [5.41, 5.74) is 3.94. The molecule has 1 aliphatic rings. The van der Waals surface area contributed by atoms with Crippen molar-refractivity contribution in [2.45, 2.75) is 20.4 Å². The van der Waals surface area contributed by atoms with Crippen molar-refractivity contribution in [3.05, 3.63) is 59.4 Å². The van der Waals surface area contributed by atoms with Crippen LogP contribution in [0, 0.1) is 6.92 Å². The molecule has 0 aliphatic carbocycles. The number of nitrogens with one attached hydrogen (secondary N) is 1. The molecule has 0 atom stereocenters. The predicted octanol–water partition coefficient (Wildman–Crippen LogP) is 2.46. The molecule has 132 valence electrons. The van der Waals surface area contributed by atoms with Crippen molar-refractivity contribution in [1.29, 1.82) is 0 Å². The first-order valence-electron chi connectivity index (χ1n) is 8.92. The molecular formula is C20H26N4O. The summed E-state index contributed by atoms with van der Waals surface area (Å²) in [6.07, 6.45) is 3.48. The quantitative estimate of drug-likeness (QED) is 0.910. The highest BCUT2D eigenvalue weighted by atomic mass is 16.1. The zero-order chi connectivity index (χ0) is 17.6. The minimum Gasteiger partial charge on any atom is -0.368 e. The SMILES string of the molecule is CCN1CCN(c2cncc(C(=O)NCc3cccc(C)c3)c2)CC1. The molecule has 25 heavy (non-hydrogen) atoms. The van der Waals surface area contributed by atoms with Gasteiger partial charge in [-0.1, -0.05) is 36.8 Å². The molecule has 0 spiro atoms. The lowest BCUT2D eigenvalue weighted by atomic mass is 10.1. The molecule has 1 fully saturated rings. The van der Waals surface area contributed by atoms with Gasteiger partial charge >= 0.3 is 0 Å². The minimum absolute atomic E-state index is 0.0805. The lowest BCUT2D eigenvalue weighted by molar-refractivity contribution is 0.0950. The number of aromatic nitrogens is 1. The van der Waals surface area contributed by atoms with Crippen LogP contribution in [-0.2, 0) is 6.54 Å². The van der Waals surface area contributed by atoms with Crippen molar-refractivity contribution < 1.29 is 4.79 Å². The number of benzene rings is 1. The first kappa shape index (κ1) is 17.4. The molecule has 1 N–H and O–H groups in total. The van der Waals surface area contributed by atoms with E-state index in [0.29, 0.717) is 12.1 Å². The number of aryl methyl sites for hydroxylation is 1. The normalized spacial score (nSPS) is 15.2. The third kappa shape index (κ3) is 4.57. The van der Waals surface area contributed by atoms with Gasteiger partial charge in [0.15, 0.2) is 0 Å². The maximum Gasteiger partial charge on any atom is 0.253 e. The Morgan fingerprint density at radius 3 is 2.68 bits per heavy atom. The Morgan fingerprint density at radius 1 is 1.16 bits per heavy atom. The molecule has 1 aromatic heterocycles. The van der Waals surface area contributed by atoms with Crippen molar-refractivity contribution >= 4 is 11.6 Å². The van der Waals surface area contributed by atoms with E-state index in [1.807, 2.05) is 24.4 Å². The standard InChI is InChI=1S/C20H26N4O/c1-3-23-7-9-24(10-8-23)19-12-18(14-21-15-19)20(25)22-13-17-6-4-5-16(2)11-17/h4-6,11-12,14-15H,3,7-10,13H2,1-2H3,(H,22,25). The van der Waals surface area contributed by atoms with E-state index in [9.17, 15) is 4.79 Å². The molecule has 1 saturated heterocycles. The second-order valence-corrected chi connectivity index (χ2v) is 6.52. The van der Waals surface area contributed by atoms with Crippen LogP contribution in [0.25, 0.3) is 0 Å². The Bertz CT molecular complexity index is 723. The smallest absolute Gasteiger partial charge is 0.253 e. The van der Waals surface area contributed by atoms with E-state index >= 15 is 0 Å². The summed E-state index contributed by atoms with van der Waals surface area (Å²) in [5, 5.41) is 2.98. The Labute approximate surface area is 149 Å². The Hall–Kier alpha value is -2.40. The van der Waals surface area contributed by atoms with Crippen LogP contribution in [0.3, 0.4) is 0 Å². The summed E-state index contributed by atoms with van der Waals surface area (Å²) in [6, 6.07) is 10.1. The fraction of sp³-hybridized carbons (Fsp3) is 0.400. The fourth-order valence-corrected chi connectivity index (χ4v) is 3.15. The van der Waals surface area contributed by atoms with E-state index < -0.39 is 0 Å². The summed E-state index contributed by atoms with van der Waals surface area (Å²) in [7, 11) is 0. The van der Waals surface area contributed by atoms with Crippen molar-refractivity contribution in [2.24, 2.45) is 0 Å². The summed E-state index contributed by atoms with van der Waals surface area (Å²) in [6.45, 7) is 9.93. The van der Waals surface area contributed by atoms with Crippen molar-refractivity contribution in [3.8, 4) is 0 Å². The highest BCUT2D eigenvalue weighted by Gasteiger charge is 2.17. The van der Waals surface area contributed by atoms with Gasteiger partial charge in [-0.05, 0) is 25.1 Å². The van der Waals surface area contributed by atoms with Crippen molar-refractivity contribution in [2.75, 3.05) is 37.6 Å². The lowest BCUT2D eigenvalue weighted by Crippen LogP contribution is -2.46. The average molecular weight is 338 g/mol. The van der Waals surface area contributed by atoms with Crippen LogP contribution in [0.15, 0.2) is 42.7 Å². The number of carbonyl (C=O) groups excluding carboxylic acids is 1. The van der Waals surface area contributed by atoms with Gasteiger partial charge in [0, 0.05) is 38.9 Å². The Kier molecular flexibility index (Phi) is 5.66. The van der Waals surface area contributed by atoms with E-state index in [1.165, 1.54) is 5.56 Å². The van der Waals surface area contributed by atoms with Crippen LogP contribution < -0.4 is 10.2 Å². The molecule has 1 aliphatic heterocycles. The van der Waals surface area contributed by atoms with Crippen LogP contribution in [-0.4, -0.2) is 48.5 Å². The number of amides is 1.